The highest BCUT2D eigenvalue weighted by atomic mass is 16.5. The first-order valence-electron chi connectivity index (χ1n) is 11.6. The molecule has 0 spiro atoms. The third kappa shape index (κ3) is 4.30. The number of fused-ring (bicyclic) bond motifs is 3. The maximum absolute atomic E-state index is 12.7. The fourth-order valence-electron chi connectivity index (χ4n) is 5.37. The molecule has 0 radical (unpaired) electrons. The van der Waals surface area contributed by atoms with Crippen molar-refractivity contribution >= 4 is 11.6 Å². The number of ether oxygens (including phenoxy) is 1. The van der Waals surface area contributed by atoms with Gasteiger partial charge in [-0.05, 0) is 61.7 Å². The summed E-state index contributed by atoms with van der Waals surface area (Å²) in [7, 11) is 1.44. The fraction of sp³-hybridized carbons (Fsp3) is 0.444. The number of aliphatic hydroxyl groups is 2. The summed E-state index contributed by atoms with van der Waals surface area (Å²) < 4.78 is 5.18. The van der Waals surface area contributed by atoms with Gasteiger partial charge in [0.15, 0.2) is 6.10 Å². The molecule has 0 aliphatic carbocycles. The van der Waals surface area contributed by atoms with E-state index in [9.17, 15) is 15.0 Å². The highest BCUT2D eigenvalue weighted by molar-refractivity contribution is 5.99. The van der Waals surface area contributed by atoms with E-state index in [1.165, 1.54) is 7.11 Å². The van der Waals surface area contributed by atoms with Crippen molar-refractivity contribution in [3.63, 3.8) is 0 Å². The second kappa shape index (κ2) is 8.92. The summed E-state index contributed by atoms with van der Waals surface area (Å²) in [6.45, 7) is 2.89. The summed E-state index contributed by atoms with van der Waals surface area (Å²) >= 11 is 0. The Labute approximate surface area is 194 Å². The molecule has 6 heteroatoms. The van der Waals surface area contributed by atoms with Gasteiger partial charge in [-0.2, -0.15) is 0 Å². The van der Waals surface area contributed by atoms with Crippen molar-refractivity contribution in [1.29, 1.82) is 0 Å². The summed E-state index contributed by atoms with van der Waals surface area (Å²) in [6, 6.07) is 15.9. The van der Waals surface area contributed by atoms with Gasteiger partial charge in [0.1, 0.15) is 11.7 Å². The summed E-state index contributed by atoms with van der Waals surface area (Å²) in [6.07, 6.45) is 0.936. The molecule has 0 saturated carbocycles. The van der Waals surface area contributed by atoms with Crippen LogP contribution in [0.4, 0.5) is 5.69 Å². The van der Waals surface area contributed by atoms with Gasteiger partial charge in [0, 0.05) is 30.8 Å². The van der Waals surface area contributed by atoms with Crippen molar-refractivity contribution in [1.82, 2.24) is 4.90 Å². The van der Waals surface area contributed by atoms with Gasteiger partial charge in [-0.3, -0.25) is 9.69 Å². The van der Waals surface area contributed by atoms with E-state index in [-0.39, 0.29) is 18.4 Å². The molecule has 33 heavy (non-hydrogen) atoms. The third-order valence-corrected chi connectivity index (χ3v) is 7.26. The summed E-state index contributed by atoms with van der Waals surface area (Å²) in [4.78, 5) is 16.6. The van der Waals surface area contributed by atoms with Crippen LogP contribution in [-0.2, 0) is 16.0 Å². The first kappa shape index (κ1) is 22.1. The van der Waals surface area contributed by atoms with Crippen LogP contribution in [-0.4, -0.2) is 72.1 Å². The van der Waals surface area contributed by atoms with Crippen molar-refractivity contribution in [2.45, 2.75) is 37.1 Å². The normalized spacial score (nSPS) is 30.9. The maximum atomic E-state index is 12.7. The molecule has 0 aromatic heterocycles. The summed E-state index contributed by atoms with van der Waals surface area (Å²) in [5.74, 6) is 6.48. The number of carbonyl (C=O) groups excluding carboxylic acids is 1. The standard InChI is InChI=1S/C27H30N2O4/c1-33-25-24(30)17-29(26(25)31)23-8-7-20(21(16-23)15-19-5-3-2-4-6-19)9-12-27(32)18-28-13-10-22(27)11-14-28/h2-8,16,22,24-25,30,32H,10-11,13-15,17-18H2,1H3. The fourth-order valence-corrected chi connectivity index (χ4v) is 5.37. The van der Waals surface area contributed by atoms with Crippen LogP contribution < -0.4 is 4.90 Å². The van der Waals surface area contributed by atoms with Gasteiger partial charge in [-0.1, -0.05) is 42.2 Å². The van der Waals surface area contributed by atoms with Gasteiger partial charge in [0.05, 0.1) is 6.54 Å². The van der Waals surface area contributed by atoms with E-state index >= 15 is 0 Å². The molecular formula is C27H30N2O4. The number of anilines is 1. The molecule has 4 fully saturated rings. The van der Waals surface area contributed by atoms with Crippen LogP contribution >= 0.6 is 0 Å². The smallest absolute Gasteiger partial charge is 0.258 e. The van der Waals surface area contributed by atoms with Crippen LogP contribution in [0.15, 0.2) is 48.5 Å². The second-order valence-electron chi connectivity index (χ2n) is 9.40. The number of aliphatic hydroxyl groups excluding tert-OH is 1. The molecule has 4 aliphatic heterocycles. The number of hydrogen-bond donors (Lipinski definition) is 2. The molecule has 6 rings (SSSR count). The minimum absolute atomic E-state index is 0.199. The summed E-state index contributed by atoms with van der Waals surface area (Å²) in [5, 5.41) is 21.5. The van der Waals surface area contributed by atoms with Gasteiger partial charge in [0.25, 0.3) is 5.91 Å². The van der Waals surface area contributed by atoms with Crippen molar-refractivity contribution in [2.24, 2.45) is 5.92 Å². The average molecular weight is 447 g/mol. The van der Waals surface area contributed by atoms with Crippen molar-refractivity contribution < 1.29 is 19.7 Å². The number of rotatable bonds is 4. The first-order valence-corrected chi connectivity index (χ1v) is 11.6. The predicted octanol–water partition coefficient (Wildman–Crippen LogP) is 1.81. The molecule has 172 valence electrons. The lowest BCUT2D eigenvalue weighted by molar-refractivity contribution is -0.128. The number of methoxy groups -OCH3 is 1. The Balaban J connectivity index is 1.48. The topological polar surface area (TPSA) is 73.2 Å². The highest BCUT2D eigenvalue weighted by Gasteiger charge is 2.44. The Morgan fingerprint density at radius 2 is 1.91 bits per heavy atom. The van der Waals surface area contributed by atoms with Crippen LogP contribution in [0.3, 0.4) is 0 Å². The number of nitrogens with zero attached hydrogens (tertiary/aromatic N) is 2. The van der Waals surface area contributed by atoms with Crippen molar-refractivity contribution in [2.75, 3.05) is 38.2 Å². The molecule has 4 heterocycles. The van der Waals surface area contributed by atoms with E-state index in [2.05, 4.69) is 28.9 Å². The zero-order valence-electron chi connectivity index (χ0n) is 18.9. The molecule has 2 N–H and O–H groups in total. The molecule has 3 unspecified atom stereocenters. The SMILES string of the molecule is COC1C(=O)N(c2ccc(C#CC3(O)CN4CCC3CC4)c(Cc3ccccc3)c2)CC1O. The third-order valence-electron chi connectivity index (χ3n) is 7.26. The van der Waals surface area contributed by atoms with Gasteiger partial charge in [0.2, 0.25) is 0 Å². The molecular weight excluding hydrogens is 416 g/mol. The Kier molecular flexibility index (Phi) is 5.98. The van der Waals surface area contributed by atoms with E-state index in [1.807, 2.05) is 36.4 Å². The van der Waals surface area contributed by atoms with Crippen LogP contribution in [0.5, 0.6) is 0 Å². The molecule has 2 bridgehead atoms. The lowest BCUT2D eigenvalue weighted by Crippen LogP contribution is -2.58. The van der Waals surface area contributed by atoms with Gasteiger partial charge in [-0.15, -0.1) is 0 Å². The molecule has 4 saturated heterocycles. The second-order valence-corrected chi connectivity index (χ2v) is 9.40. The van der Waals surface area contributed by atoms with E-state index in [0.29, 0.717) is 13.0 Å². The molecule has 3 atom stereocenters. The molecule has 2 aromatic rings. The van der Waals surface area contributed by atoms with E-state index in [0.717, 1.165) is 48.3 Å². The number of β-amino-alcohol motifs (C(OH)–C–C–N with tert-alkyl or cyclic N) is 1. The molecule has 6 nitrogen and oxygen atoms in total. The zero-order chi connectivity index (χ0) is 23.0. The monoisotopic (exact) mass is 446 g/mol. The number of amides is 1. The predicted molar refractivity (Wildman–Crippen MR) is 126 cm³/mol. The van der Waals surface area contributed by atoms with Crippen molar-refractivity contribution in [3.8, 4) is 11.8 Å². The van der Waals surface area contributed by atoms with Crippen molar-refractivity contribution in [3.05, 3.63) is 65.2 Å². The van der Waals surface area contributed by atoms with E-state index in [1.54, 1.807) is 4.90 Å². The minimum atomic E-state index is -0.972. The number of piperidine rings is 3. The van der Waals surface area contributed by atoms with Crippen LogP contribution in [0.1, 0.15) is 29.5 Å². The van der Waals surface area contributed by atoms with E-state index < -0.39 is 17.8 Å². The Morgan fingerprint density at radius 1 is 1.15 bits per heavy atom. The lowest BCUT2D eigenvalue weighted by Gasteiger charge is -2.47. The number of benzene rings is 2. The largest absolute Gasteiger partial charge is 0.388 e. The number of carbonyl (C=O) groups is 1. The first-order chi connectivity index (χ1) is 16.0. The zero-order valence-corrected chi connectivity index (χ0v) is 18.9. The van der Waals surface area contributed by atoms with E-state index in [4.69, 9.17) is 4.74 Å². The Hall–Kier alpha value is -2.69. The quantitative estimate of drug-likeness (QED) is 0.701. The molecule has 4 aliphatic rings. The molecule has 1 amide bonds. The minimum Gasteiger partial charge on any atom is -0.388 e. The Morgan fingerprint density at radius 3 is 2.55 bits per heavy atom. The Bertz CT molecular complexity index is 1080. The maximum Gasteiger partial charge on any atom is 0.258 e. The average Bonchev–Trinajstić information content (AvgIpc) is 3.12. The highest BCUT2D eigenvalue weighted by Crippen LogP contribution is 2.35. The van der Waals surface area contributed by atoms with Gasteiger partial charge < -0.3 is 19.8 Å². The summed E-state index contributed by atoms with van der Waals surface area (Å²) in [5.41, 5.74) is 2.72. The van der Waals surface area contributed by atoms with Gasteiger partial charge in [-0.25, -0.2) is 0 Å². The van der Waals surface area contributed by atoms with Gasteiger partial charge >= 0.3 is 0 Å². The van der Waals surface area contributed by atoms with Crippen LogP contribution in [0.2, 0.25) is 0 Å². The van der Waals surface area contributed by atoms with Crippen LogP contribution in [0.25, 0.3) is 0 Å². The number of hydrogen-bond acceptors (Lipinski definition) is 5. The molecule has 2 aromatic carbocycles. The lowest BCUT2D eigenvalue weighted by atomic mass is 9.75. The van der Waals surface area contributed by atoms with Crippen LogP contribution in [0, 0.1) is 17.8 Å².